The highest BCUT2D eigenvalue weighted by atomic mass is 35.5. The van der Waals surface area contributed by atoms with Gasteiger partial charge in [-0.3, -0.25) is 9.78 Å². The number of pyridine rings is 1. The zero-order valence-corrected chi connectivity index (χ0v) is 20.3. The van der Waals surface area contributed by atoms with Crippen LogP contribution < -0.4 is 14.8 Å². The number of rotatable bonds is 6. The summed E-state index contributed by atoms with van der Waals surface area (Å²) >= 11 is 5.93. The maximum Gasteiger partial charge on any atom is 0.573 e. The van der Waals surface area contributed by atoms with Crippen LogP contribution in [0, 0.1) is 0 Å². The summed E-state index contributed by atoms with van der Waals surface area (Å²) in [6.45, 7) is 0. The largest absolute Gasteiger partial charge is 0.573 e. The van der Waals surface area contributed by atoms with E-state index in [9.17, 15) is 35.3 Å². The highest BCUT2D eigenvalue weighted by molar-refractivity contribution is 7.93. The Morgan fingerprint density at radius 1 is 1.05 bits per heavy atom. The van der Waals surface area contributed by atoms with Gasteiger partial charge >= 0.3 is 12.5 Å². The van der Waals surface area contributed by atoms with Gasteiger partial charge in [0.1, 0.15) is 28.5 Å². The van der Waals surface area contributed by atoms with Crippen molar-refractivity contribution in [1.82, 2.24) is 4.98 Å². The fraction of sp³-hybridized carbons (Fsp3) is 0.182. The van der Waals surface area contributed by atoms with Gasteiger partial charge in [0.15, 0.2) is 0 Å². The number of amides is 1. The van der Waals surface area contributed by atoms with Crippen molar-refractivity contribution in [2.45, 2.75) is 17.4 Å². The van der Waals surface area contributed by atoms with Gasteiger partial charge in [0.05, 0.1) is 14.8 Å². The van der Waals surface area contributed by atoms with Crippen LogP contribution in [0.15, 0.2) is 64.0 Å². The maximum atomic E-state index is 13.3. The van der Waals surface area contributed by atoms with Crippen molar-refractivity contribution >= 4 is 32.9 Å². The van der Waals surface area contributed by atoms with E-state index in [2.05, 4.69) is 19.4 Å². The molecule has 1 atom stereocenters. The number of benzene rings is 2. The molecule has 0 fully saturated rings. The molecule has 3 rings (SSSR count). The molecule has 1 amide bonds. The Kier molecular flexibility index (Phi) is 7.93. The SMILES string of the molecule is CN=S(C)(=O)c1cccc(NC(=O)c2cnc(C(F)(F)F)cc2Oc2ccc(OC(F)(F)F)cc2Cl)c1. The molecule has 0 saturated heterocycles. The van der Waals surface area contributed by atoms with Gasteiger partial charge in [-0.05, 0) is 30.3 Å². The molecule has 0 radical (unpaired) electrons. The minimum absolute atomic E-state index is 0.151. The minimum Gasteiger partial charge on any atom is -0.455 e. The Labute approximate surface area is 211 Å². The van der Waals surface area contributed by atoms with E-state index in [-0.39, 0.29) is 11.4 Å². The first kappa shape index (κ1) is 28.1. The second-order valence-corrected chi connectivity index (χ2v) is 10.1. The molecule has 0 aliphatic carbocycles. The number of hydrogen-bond donors (Lipinski definition) is 1. The number of anilines is 1. The Morgan fingerprint density at radius 2 is 1.76 bits per heavy atom. The number of hydrogen-bond acceptors (Lipinski definition) is 6. The normalized spacial score (nSPS) is 13.4. The van der Waals surface area contributed by atoms with Gasteiger partial charge in [-0.2, -0.15) is 13.2 Å². The third-order valence-electron chi connectivity index (χ3n) is 4.64. The minimum atomic E-state index is -5.00. The highest BCUT2D eigenvalue weighted by Gasteiger charge is 2.34. The molecule has 198 valence electrons. The summed E-state index contributed by atoms with van der Waals surface area (Å²) in [6.07, 6.45) is -7.90. The Balaban J connectivity index is 1.98. The molecule has 0 aliphatic rings. The Bertz CT molecular complexity index is 1450. The van der Waals surface area contributed by atoms with Crippen LogP contribution >= 0.6 is 11.6 Å². The van der Waals surface area contributed by atoms with Gasteiger partial charge < -0.3 is 14.8 Å². The van der Waals surface area contributed by atoms with Crippen LogP contribution in [0.3, 0.4) is 0 Å². The number of nitrogens with zero attached hydrogens (tertiary/aromatic N) is 2. The van der Waals surface area contributed by atoms with Crippen LogP contribution in [0.1, 0.15) is 16.1 Å². The lowest BCUT2D eigenvalue weighted by Crippen LogP contribution is -2.17. The van der Waals surface area contributed by atoms with Gasteiger partial charge in [-0.1, -0.05) is 17.7 Å². The highest BCUT2D eigenvalue weighted by Crippen LogP contribution is 2.38. The van der Waals surface area contributed by atoms with Crippen LogP contribution in [-0.2, 0) is 15.9 Å². The van der Waals surface area contributed by atoms with Crippen molar-refractivity contribution < 1.29 is 44.8 Å². The summed E-state index contributed by atoms with van der Waals surface area (Å²) in [7, 11) is -1.39. The van der Waals surface area contributed by atoms with Crippen molar-refractivity contribution in [3.8, 4) is 17.2 Å². The lowest BCUT2D eigenvalue weighted by Gasteiger charge is -2.16. The van der Waals surface area contributed by atoms with E-state index < -0.39 is 56.0 Å². The monoisotopic (exact) mass is 567 g/mol. The summed E-state index contributed by atoms with van der Waals surface area (Å²) in [6, 6.07) is 8.77. The van der Waals surface area contributed by atoms with E-state index in [0.29, 0.717) is 17.2 Å². The van der Waals surface area contributed by atoms with Crippen molar-refractivity contribution in [2.75, 3.05) is 18.6 Å². The van der Waals surface area contributed by atoms with E-state index in [4.69, 9.17) is 16.3 Å². The number of carbonyl (C=O) groups excluding carboxylic acids is 1. The molecule has 37 heavy (non-hydrogen) atoms. The fourth-order valence-corrected chi connectivity index (χ4v) is 3.94. The first-order chi connectivity index (χ1) is 17.1. The van der Waals surface area contributed by atoms with E-state index in [1.807, 2.05) is 0 Å². The second kappa shape index (κ2) is 10.5. The molecule has 1 aromatic heterocycles. The molecule has 0 saturated carbocycles. The number of nitrogens with one attached hydrogen (secondary N) is 1. The van der Waals surface area contributed by atoms with Crippen molar-refractivity contribution in [1.29, 1.82) is 0 Å². The topological polar surface area (TPSA) is 89.9 Å². The van der Waals surface area contributed by atoms with Crippen LogP contribution in [0.2, 0.25) is 5.02 Å². The summed E-state index contributed by atoms with van der Waals surface area (Å²) in [5, 5.41) is 2.01. The number of halogens is 7. The third-order valence-corrected chi connectivity index (χ3v) is 6.76. The molecule has 2 aromatic carbocycles. The fourth-order valence-electron chi connectivity index (χ4n) is 2.84. The van der Waals surface area contributed by atoms with Crippen LogP contribution in [0.25, 0.3) is 0 Å². The van der Waals surface area contributed by atoms with Crippen molar-refractivity contribution in [3.63, 3.8) is 0 Å². The predicted molar refractivity (Wildman–Crippen MR) is 123 cm³/mol. The first-order valence-corrected chi connectivity index (χ1v) is 12.2. The first-order valence-electron chi connectivity index (χ1n) is 9.91. The van der Waals surface area contributed by atoms with Gasteiger partial charge in [0.2, 0.25) is 0 Å². The molecule has 1 heterocycles. The third kappa shape index (κ3) is 7.26. The van der Waals surface area contributed by atoms with E-state index in [1.165, 1.54) is 37.6 Å². The van der Waals surface area contributed by atoms with E-state index in [1.54, 1.807) is 0 Å². The number of carbonyl (C=O) groups is 1. The Hall–Kier alpha value is -3.52. The lowest BCUT2D eigenvalue weighted by atomic mass is 10.2. The summed E-state index contributed by atoms with van der Waals surface area (Å²) < 4.78 is 102. The molecule has 1 N–H and O–H groups in total. The maximum absolute atomic E-state index is 13.3. The molecular formula is C22H16ClF6N3O4S. The van der Waals surface area contributed by atoms with Crippen molar-refractivity contribution in [2.24, 2.45) is 4.36 Å². The summed E-state index contributed by atoms with van der Waals surface area (Å²) in [4.78, 5) is 16.5. The smallest absolute Gasteiger partial charge is 0.455 e. The number of ether oxygens (including phenoxy) is 2. The zero-order chi connectivity index (χ0) is 27.6. The quantitative estimate of drug-likeness (QED) is 0.332. The standard InChI is InChI=1S/C22H16ClF6N3O4S/c1-30-37(2,34)14-5-3-4-12(8-14)32-20(33)15-11-31-19(21(24,25)26)10-18(15)35-17-7-6-13(9-16(17)23)36-22(27,28)29/h3-11H,1-2H3,(H,32,33). The van der Waals surface area contributed by atoms with Gasteiger partial charge in [-0.25, -0.2) is 8.57 Å². The van der Waals surface area contributed by atoms with Crippen molar-refractivity contribution in [3.05, 3.63) is 71.0 Å². The average molecular weight is 568 g/mol. The van der Waals surface area contributed by atoms with E-state index in [0.717, 1.165) is 18.2 Å². The molecule has 15 heteroatoms. The van der Waals surface area contributed by atoms with Crippen LogP contribution in [-0.4, -0.2) is 34.8 Å². The predicted octanol–water partition coefficient (Wildman–Crippen LogP) is 6.78. The van der Waals surface area contributed by atoms with Gasteiger partial charge in [-0.15, -0.1) is 13.2 Å². The molecule has 0 bridgehead atoms. The Morgan fingerprint density at radius 3 is 2.35 bits per heavy atom. The molecule has 7 nitrogen and oxygen atoms in total. The molecule has 0 aliphatic heterocycles. The zero-order valence-electron chi connectivity index (χ0n) is 18.8. The average Bonchev–Trinajstić information content (AvgIpc) is 2.79. The van der Waals surface area contributed by atoms with Crippen LogP contribution in [0.4, 0.5) is 32.0 Å². The molecule has 0 spiro atoms. The summed E-state index contributed by atoms with van der Waals surface area (Å²) in [5.41, 5.74) is -1.70. The lowest BCUT2D eigenvalue weighted by molar-refractivity contribution is -0.274. The number of aromatic nitrogens is 1. The molecule has 3 aromatic rings. The molecular weight excluding hydrogens is 552 g/mol. The van der Waals surface area contributed by atoms with Gasteiger partial charge in [0, 0.05) is 42.2 Å². The molecule has 1 unspecified atom stereocenters. The van der Waals surface area contributed by atoms with Gasteiger partial charge in [0.25, 0.3) is 5.91 Å². The number of alkyl halides is 6. The second-order valence-electron chi connectivity index (χ2n) is 7.27. The summed E-state index contributed by atoms with van der Waals surface area (Å²) in [5.74, 6) is -2.63. The van der Waals surface area contributed by atoms with E-state index >= 15 is 0 Å². The van der Waals surface area contributed by atoms with Crippen LogP contribution in [0.5, 0.6) is 17.2 Å².